The highest BCUT2D eigenvalue weighted by molar-refractivity contribution is 5.81. The van der Waals surface area contributed by atoms with Crippen molar-refractivity contribution >= 4 is 12.1 Å². The van der Waals surface area contributed by atoms with Crippen molar-refractivity contribution in [2.75, 3.05) is 20.3 Å². The Morgan fingerprint density at radius 2 is 1.76 bits per heavy atom. The molecule has 5 heteroatoms. The molecule has 0 N–H and O–H groups in total. The van der Waals surface area contributed by atoms with E-state index in [-0.39, 0.29) is 12.6 Å². The lowest BCUT2D eigenvalue weighted by molar-refractivity contribution is -0.137. The first-order valence-electron chi connectivity index (χ1n) is 5.39. The second kappa shape index (κ2) is 10.7. The third-order valence-electron chi connectivity index (χ3n) is 1.67. The Bertz CT molecular complexity index is 281. The zero-order chi connectivity index (χ0) is 12.9. The molecule has 5 nitrogen and oxygen atoms in total. The third-order valence-corrected chi connectivity index (χ3v) is 1.67. The molecule has 0 heterocycles. The molecule has 0 aromatic rings. The Hall–Kier alpha value is -1.78. The van der Waals surface area contributed by atoms with Crippen LogP contribution in [0.3, 0.4) is 0 Å². The van der Waals surface area contributed by atoms with E-state index in [1.54, 1.807) is 19.1 Å². The van der Waals surface area contributed by atoms with Crippen LogP contribution < -0.4 is 0 Å². The zero-order valence-corrected chi connectivity index (χ0v) is 10.2. The Balaban J connectivity index is 3.47. The minimum absolute atomic E-state index is 0.189. The number of hydrogen-bond acceptors (Lipinski definition) is 5. The number of rotatable bonds is 7. The van der Waals surface area contributed by atoms with Crippen molar-refractivity contribution in [3.05, 3.63) is 24.3 Å². The largest absolute Gasteiger partial charge is 0.508 e. The molecule has 0 saturated heterocycles. The first-order valence-corrected chi connectivity index (χ1v) is 5.39. The molecule has 0 aromatic heterocycles. The summed E-state index contributed by atoms with van der Waals surface area (Å²) >= 11 is 0. The van der Waals surface area contributed by atoms with E-state index in [4.69, 9.17) is 4.74 Å². The summed E-state index contributed by atoms with van der Waals surface area (Å²) in [4.78, 5) is 21.4. The van der Waals surface area contributed by atoms with E-state index in [9.17, 15) is 9.59 Å². The van der Waals surface area contributed by atoms with E-state index in [1.165, 1.54) is 13.2 Å². The molecule has 96 valence electrons. The number of hydrogen-bond donors (Lipinski definition) is 0. The minimum atomic E-state index is -0.697. The van der Waals surface area contributed by atoms with Crippen molar-refractivity contribution < 1.29 is 23.8 Å². The van der Waals surface area contributed by atoms with Crippen LogP contribution in [0.25, 0.3) is 0 Å². The average molecular weight is 242 g/mol. The standard InChI is InChI=1S/C12H18O5/c1-3-16-11(13)9-7-5-4-6-8-10-17-12(14)15-2/h6-9H,3-5,10H2,1-2H3/b8-6+,9-7+. The quantitative estimate of drug-likeness (QED) is 0.296. The average Bonchev–Trinajstić information content (AvgIpc) is 2.32. The number of allylic oxidation sites excluding steroid dienone is 2. The molecule has 0 aliphatic heterocycles. The van der Waals surface area contributed by atoms with Crippen molar-refractivity contribution in [2.45, 2.75) is 19.8 Å². The molecule has 0 bridgehead atoms. The summed E-state index contributed by atoms with van der Waals surface area (Å²) in [6.07, 6.45) is 7.52. The van der Waals surface area contributed by atoms with Crippen molar-refractivity contribution in [3.63, 3.8) is 0 Å². The molecule has 0 aliphatic rings. The number of esters is 1. The van der Waals surface area contributed by atoms with Crippen molar-refractivity contribution in [2.24, 2.45) is 0 Å². The van der Waals surface area contributed by atoms with Crippen molar-refractivity contribution in [3.8, 4) is 0 Å². The van der Waals surface area contributed by atoms with Crippen LogP contribution in [-0.2, 0) is 19.0 Å². The molecular formula is C12H18O5. The van der Waals surface area contributed by atoms with Gasteiger partial charge < -0.3 is 14.2 Å². The van der Waals surface area contributed by atoms with Gasteiger partial charge in [0.25, 0.3) is 0 Å². The van der Waals surface area contributed by atoms with Gasteiger partial charge in [0.2, 0.25) is 0 Å². The maximum absolute atomic E-state index is 10.9. The Morgan fingerprint density at radius 1 is 1.06 bits per heavy atom. The van der Waals surface area contributed by atoms with Gasteiger partial charge in [-0.05, 0) is 19.8 Å². The van der Waals surface area contributed by atoms with E-state index in [1.807, 2.05) is 6.08 Å². The third kappa shape index (κ3) is 10.5. The highest BCUT2D eigenvalue weighted by atomic mass is 16.7. The van der Waals surface area contributed by atoms with Gasteiger partial charge in [-0.1, -0.05) is 18.2 Å². The van der Waals surface area contributed by atoms with Crippen LogP contribution in [0.15, 0.2) is 24.3 Å². The second-order valence-corrected chi connectivity index (χ2v) is 2.97. The van der Waals surface area contributed by atoms with Crippen LogP contribution in [0.5, 0.6) is 0 Å². The van der Waals surface area contributed by atoms with Crippen LogP contribution in [0, 0.1) is 0 Å². The molecule has 0 aliphatic carbocycles. The lowest BCUT2D eigenvalue weighted by Gasteiger charge is -1.97. The van der Waals surface area contributed by atoms with Crippen LogP contribution in [0.4, 0.5) is 4.79 Å². The summed E-state index contributed by atoms with van der Waals surface area (Å²) in [6, 6.07) is 0. The van der Waals surface area contributed by atoms with Gasteiger partial charge in [0.05, 0.1) is 13.7 Å². The van der Waals surface area contributed by atoms with Crippen LogP contribution in [0.2, 0.25) is 0 Å². The predicted octanol–water partition coefficient (Wildman–Crippen LogP) is 2.23. The SMILES string of the molecule is CCOC(=O)/C=C/CC/C=C/COC(=O)OC. The normalized spacial score (nSPS) is 10.7. The predicted molar refractivity (Wildman–Crippen MR) is 62.5 cm³/mol. The molecule has 0 radical (unpaired) electrons. The molecule has 0 saturated carbocycles. The zero-order valence-electron chi connectivity index (χ0n) is 10.2. The first kappa shape index (κ1) is 15.2. The van der Waals surface area contributed by atoms with Gasteiger partial charge in [-0.3, -0.25) is 0 Å². The van der Waals surface area contributed by atoms with Gasteiger partial charge in [-0.2, -0.15) is 0 Å². The summed E-state index contributed by atoms with van der Waals surface area (Å²) in [5, 5.41) is 0. The maximum Gasteiger partial charge on any atom is 0.508 e. The van der Waals surface area contributed by atoms with Gasteiger partial charge in [-0.25, -0.2) is 9.59 Å². The number of unbranched alkanes of at least 4 members (excludes halogenated alkanes) is 1. The molecule has 17 heavy (non-hydrogen) atoms. The van der Waals surface area contributed by atoms with Crippen molar-refractivity contribution in [1.29, 1.82) is 0 Å². The van der Waals surface area contributed by atoms with Gasteiger partial charge in [0.15, 0.2) is 0 Å². The lowest BCUT2D eigenvalue weighted by Crippen LogP contribution is -2.03. The summed E-state index contributed by atoms with van der Waals surface area (Å²) in [5.41, 5.74) is 0. The smallest absolute Gasteiger partial charge is 0.463 e. The molecule has 0 spiro atoms. The summed E-state index contributed by atoms with van der Waals surface area (Å²) in [7, 11) is 1.26. The number of methoxy groups -OCH3 is 1. The monoisotopic (exact) mass is 242 g/mol. The summed E-state index contributed by atoms with van der Waals surface area (Å²) < 4.78 is 13.6. The highest BCUT2D eigenvalue weighted by Crippen LogP contribution is 1.94. The van der Waals surface area contributed by atoms with Crippen LogP contribution in [0.1, 0.15) is 19.8 Å². The molecule has 0 fully saturated rings. The Kier molecular flexibility index (Phi) is 9.61. The Morgan fingerprint density at radius 3 is 2.41 bits per heavy atom. The number of carbonyl (C=O) groups is 2. The fraction of sp³-hybridized carbons (Fsp3) is 0.500. The van der Waals surface area contributed by atoms with E-state index in [0.29, 0.717) is 6.61 Å². The fourth-order valence-electron chi connectivity index (χ4n) is 0.923. The Labute approximate surface area is 101 Å². The molecule has 0 unspecified atom stereocenters. The van der Waals surface area contributed by atoms with Gasteiger partial charge in [0.1, 0.15) is 6.61 Å². The highest BCUT2D eigenvalue weighted by Gasteiger charge is 1.95. The molecule has 0 atom stereocenters. The molecular weight excluding hydrogens is 224 g/mol. The summed E-state index contributed by atoms with van der Waals surface area (Å²) in [6.45, 7) is 2.33. The van der Waals surface area contributed by atoms with Gasteiger partial charge in [-0.15, -0.1) is 0 Å². The topological polar surface area (TPSA) is 61.8 Å². The fourth-order valence-corrected chi connectivity index (χ4v) is 0.923. The second-order valence-electron chi connectivity index (χ2n) is 2.97. The molecule has 0 amide bonds. The van der Waals surface area contributed by atoms with Crippen LogP contribution in [-0.4, -0.2) is 32.4 Å². The van der Waals surface area contributed by atoms with Gasteiger partial charge in [0, 0.05) is 6.08 Å². The van der Waals surface area contributed by atoms with Gasteiger partial charge >= 0.3 is 12.1 Å². The lowest BCUT2D eigenvalue weighted by atomic mass is 10.2. The number of carbonyl (C=O) groups excluding carboxylic acids is 2. The number of ether oxygens (including phenoxy) is 3. The van der Waals surface area contributed by atoms with Crippen LogP contribution >= 0.6 is 0 Å². The maximum atomic E-state index is 10.9. The molecule has 0 aromatic carbocycles. The minimum Gasteiger partial charge on any atom is -0.463 e. The van der Waals surface area contributed by atoms with E-state index >= 15 is 0 Å². The molecule has 0 rings (SSSR count). The van der Waals surface area contributed by atoms with Crippen molar-refractivity contribution in [1.82, 2.24) is 0 Å². The summed E-state index contributed by atoms with van der Waals surface area (Å²) in [5.74, 6) is -0.328. The van der Waals surface area contributed by atoms with E-state index in [0.717, 1.165) is 12.8 Å². The van der Waals surface area contributed by atoms with E-state index in [2.05, 4.69) is 9.47 Å². The van der Waals surface area contributed by atoms with E-state index < -0.39 is 6.16 Å². The first-order chi connectivity index (χ1) is 8.20.